The number of rotatable bonds is 2. The summed E-state index contributed by atoms with van der Waals surface area (Å²) in [7, 11) is 0. The number of fused-ring (bicyclic) bond motifs is 4. The predicted octanol–water partition coefficient (Wildman–Crippen LogP) is 1.92. The molecule has 6 heteroatoms. The highest BCUT2D eigenvalue weighted by Crippen LogP contribution is 2.27. The molecule has 0 radical (unpaired) electrons. The van der Waals surface area contributed by atoms with Crippen LogP contribution in [0, 0.1) is 5.92 Å². The van der Waals surface area contributed by atoms with Gasteiger partial charge in [-0.05, 0) is 66.0 Å². The molecule has 1 amide bonds. The van der Waals surface area contributed by atoms with E-state index in [1.54, 1.807) is 6.33 Å². The van der Waals surface area contributed by atoms with Crippen molar-refractivity contribution in [3.8, 4) is 0 Å². The largest absolute Gasteiger partial charge is 0.346 e. The molecule has 5 heterocycles. The minimum absolute atomic E-state index is 0.0615. The van der Waals surface area contributed by atoms with E-state index in [2.05, 4.69) is 31.1 Å². The van der Waals surface area contributed by atoms with Crippen molar-refractivity contribution < 1.29 is 4.79 Å². The summed E-state index contributed by atoms with van der Waals surface area (Å²) in [5.74, 6) is 0.568. The van der Waals surface area contributed by atoms with E-state index in [9.17, 15) is 4.79 Å². The van der Waals surface area contributed by atoms with Crippen molar-refractivity contribution in [2.24, 2.45) is 5.92 Å². The van der Waals surface area contributed by atoms with Gasteiger partial charge in [0.15, 0.2) is 0 Å². The summed E-state index contributed by atoms with van der Waals surface area (Å²) >= 11 is 3.45. The van der Waals surface area contributed by atoms with Gasteiger partial charge in [-0.25, -0.2) is 4.98 Å². The van der Waals surface area contributed by atoms with E-state index in [0.717, 1.165) is 16.7 Å². The lowest BCUT2D eigenvalue weighted by Crippen LogP contribution is -2.57. The second-order valence-corrected chi connectivity index (χ2v) is 6.76. The molecule has 0 unspecified atom stereocenters. The van der Waals surface area contributed by atoms with Gasteiger partial charge < -0.3 is 10.2 Å². The number of aromatic nitrogens is 2. The lowest BCUT2D eigenvalue weighted by Gasteiger charge is -2.44. The van der Waals surface area contributed by atoms with Gasteiger partial charge in [0, 0.05) is 18.1 Å². The first-order valence-electron chi connectivity index (χ1n) is 7.36. The van der Waals surface area contributed by atoms with Gasteiger partial charge in [-0.1, -0.05) is 0 Å². The number of carbonyl (C=O) groups excluding carboxylic acids is 1. The first kappa shape index (κ1) is 13.3. The Morgan fingerprint density at radius 1 is 1.33 bits per heavy atom. The molecule has 5 rings (SSSR count). The van der Waals surface area contributed by atoms with Crippen LogP contribution in [0.5, 0.6) is 0 Å². The highest BCUT2D eigenvalue weighted by Gasteiger charge is 2.35. The highest BCUT2D eigenvalue weighted by molar-refractivity contribution is 9.10. The summed E-state index contributed by atoms with van der Waals surface area (Å²) in [4.78, 5) is 19.1. The van der Waals surface area contributed by atoms with Crippen LogP contribution < -0.4 is 5.32 Å². The second-order valence-electron chi connectivity index (χ2n) is 5.94. The number of nitrogens with zero attached hydrogens (tertiary/aromatic N) is 3. The van der Waals surface area contributed by atoms with E-state index < -0.39 is 0 Å². The molecule has 0 saturated carbocycles. The number of piperidine rings is 3. The minimum atomic E-state index is -0.0615. The zero-order valence-corrected chi connectivity index (χ0v) is 13.2. The molecule has 2 aromatic heterocycles. The summed E-state index contributed by atoms with van der Waals surface area (Å²) in [6.45, 7) is 3.34. The molecule has 1 N–H and O–H groups in total. The molecular weight excluding hydrogens is 332 g/mol. The van der Waals surface area contributed by atoms with Crippen molar-refractivity contribution in [3.63, 3.8) is 0 Å². The van der Waals surface area contributed by atoms with Gasteiger partial charge in [-0.3, -0.25) is 9.20 Å². The molecule has 3 saturated heterocycles. The number of carbonyl (C=O) groups is 1. The van der Waals surface area contributed by atoms with Gasteiger partial charge in [-0.2, -0.15) is 0 Å². The van der Waals surface area contributed by atoms with Crippen LogP contribution in [0.4, 0.5) is 0 Å². The van der Waals surface area contributed by atoms with E-state index in [1.807, 2.05) is 22.6 Å². The Kier molecular flexibility index (Phi) is 3.23. The molecule has 110 valence electrons. The normalized spacial score (nSPS) is 28.0. The van der Waals surface area contributed by atoms with E-state index in [0.29, 0.717) is 11.6 Å². The van der Waals surface area contributed by atoms with Crippen LogP contribution in [0.3, 0.4) is 0 Å². The van der Waals surface area contributed by atoms with Gasteiger partial charge in [-0.15, -0.1) is 0 Å². The number of halogens is 1. The van der Waals surface area contributed by atoms with Crippen LogP contribution in [-0.2, 0) is 0 Å². The Morgan fingerprint density at radius 3 is 2.86 bits per heavy atom. The molecule has 21 heavy (non-hydrogen) atoms. The van der Waals surface area contributed by atoms with Gasteiger partial charge in [0.2, 0.25) is 0 Å². The molecule has 0 aromatic carbocycles. The lowest BCUT2D eigenvalue weighted by molar-refractivity contribution is 0.0617. The summed E-state index contributed by atoms with van der Waals surface area (Å²) in [5.41, 5.74) is 1.46. The van der Waals surface area contributed by atoms with Crippen LogP contribution in [0.25, 0.3) is 5.52 Å². The summed E-state index contributed by atoms with van der Waals surface area (Å²) < 4.78 is 2.85. The zero-order valence-electron chi connectivity index (χ0n) is 11.6. The van der Waals surface area contributed by atoms with E-state index in [4.69, 9.17) is 0 Å². The third-order valence-corrected chi connectivity index (χ3v) is 5.35. The van der Waals surface area contributed by atoms with Crippen molar-refractivity contribution in [2.75, 3.05) is 19.6 Å². The quantitative estimate of drug-likeness (QED) is 0.901. The SMILES string of the molecule is O=C(N[C@H]1CN2CCC1CC2)c1cc2ccc(Br)n2cn1. The van der Waals surface area contributed by atoms with Crippen LogP contribution in [0.15, 0.2) is 29.1 Å². The Morgan fingerprint density at radius 2 is 2.14 bits per heavy atom. The maximum absolute atomic E-state index is 12.4. The molecular formula is C15H17BrN4O. The molecule has 2 bridgehead atoms. The molecule has 3 fully saturated rings. The number of hydrogen-bond acceptors (Lipinski definition) is 3. The smallest absolute Gasteiger partial charge is 0.270 e. The molecule has 0 spiro atoms. The Hall–Kier alpha value is -1.40. The Bertz CT molecular complexity index is 690. The Balaban J connectivity index is 1.53. The monoisotopic (exact) mass is 348 g/mol. The molecule has 2 aromatic rings. The van der Waals surface area contributed by atoms with Crippen LogP contribution in [0.2, 0.25) is 0 Å². The van der Waals surface area contributed by atoms with E-state index >= 15 is 0 Å². The topological polar surface area (TPSA) is 49.6 Å². The lowest BCUT2D eigenvalue weighted by atomic mass is 9.84. The molecule has 3 aliphatic heterocycles. The van der Waals surface area contributed by atoms with Crippen molar-refractivity contribution >= 4 is 27.4 Å². The summed E-state index contributed by atoms with van der Waals surface area (Å²) in [6, 6.07) is 6.03. The maximum atomic E-state index is 12.4. The maximum Gasteiger partial charge on any atom is 0.270 e. The van der Waals surface area contributed by atoms with E-state index in [-0.39, 0.29) is 11.9 Å². The zero-order chi connectivity index (χ0) is 14.4. The van der Waals surface area contributed by atoms with Crippen molar-refractivity contribution in [1.29, 1.82) is 0 Å². The van der Waals surface area contributed by atoms with Crippen molar-refractivity contribution in [1.82, 2.24) is 19.6 Å². The average Bonchev–Trinajstić information content (AvgIpc) is 2.89. The first-order valence-corrected chi connectivity index (χ1v) is 8.16. The van der Waals surface area contributed by atoms with Crippen LogP contribution in [0.1, 0.15) is 23.3 Å². The first-order chi connectivity index (χ1) is 10.2. The highest BCUT2D eigenvalue weighted by atomic mass is 79.9. The summed E-state index contributed by atoms with van der Waals surface area (Å²) in [5, 5.41) is 3.17. The fraction of sp³-hybridized carbons (Fsp3) is 0.467. The Labute approximate surface area is 131 Å². The second kappa shape index (κ2) is 5.10. The number of hydrogen-bond donors (Lipinski definition) is 1. The standard InChI is InChI=1S/C15H17BrN4O/c16-14-2-1-11-7-12(17-9-20(11)14)15(21)18-13-8-19-5-3-10(13)4-6-19/h1-2,7,9-10,13H,3-6,8H2,(H,18,21)/t13-/m0/s1. The number of amides is 1. The molecule has 0 aliphatic carbocycles. The van der Waals surface area contributed by atoms with E-state index in [1.165, 1.54) is 25.9 Å². The van der Waals surface area contributed by atoms with Gasteiger partial charge in [0.25, 0.3) is 5.91 Å². The van der Waals surface area contributed by atoms with Gasteiger partial charge in [0.05, 0.1) is 4.60 Å². The molecule has 1 atom stereocenters. The minimum Gasteiger partial charge on any atom is -0.346 e. The van der Waals surface area contributed by atoms with Crippen molar-refractivity contribution in [2.45, 2.75) is 18.9 Å². The molecule has 5 nitrogen and oxygen atoms in total. The third-order valence-electron chi connectivity index (χ3n) is 4.70. The fourth-order valence-electron chi connectivity index (χ4n) is 3.47. The fourth-order valence-corrected chi connectivity index (χ4v) is 3.90. The van der Waals surface area contributed by atoms with Gasteiger partial charge >= 0.3 is 0 Å². The van der Waals surface area contributed by atoms with Crippen molar-refractivity contribution in [3.05, 3.63) is 34.8 Å². The number of nitrogens with one attached hydrogen (secondary N) is 1. The summed E-state index contributed by atoms with van der Waals surface area (Å²) in [6.07, 6.45) is 4.08. The third kappa shape index (κ3) is 2.36. The van der Waals surface area contributed by atoms with Crippen LogP contribution in [-0.4, -0.2) is 45.9 Å². The molecule has 3 aliphatic rings. The average molecular weight is 349 g/mol. The predicted molar refractivity (Wildman–Crippen MR) is 83.3 cm³/mol. The van der Waals surface area contributed by atoms with Gasteiger partial charge in [0.1, 0.15) is 12.0 Å². The van der Waals surface area contributed by atoms with Crippen LogP contribution >= 0.6 is 15.9 Å².